The maximum Gasteiger partial charge on any atom is 0.312 e. The molecule has 0 saturated heterocycles. The van der Waals surface area contributed by atoms with E-state index >= 15 is 0 Å². The van der Waals surface area contributed by atoms with Crippen molar-refractivity contribution in [2.75, 3.05) is 0 Å². The summed E-state index contributed by atoms with van der Waals surface area (Å²) in [6, 6.07) is 5.42. The number of halogens is 2. The zero-order valence-electron chi connectivity index (χ0n) is 7.82. The van der Waals surface area contributed by atoms with E-state index in [1.807, 2.05) is 6.07 Å². The molecule has 0 radical (unpaired) electrons. The van der Waals surface area contributed by atoms with Crippen LogP contribution in [0, 0.1) is 5.92 Å². The molecule has 1 aromatic heterocycles. The number of carbonyl (C=O) groups is 1. The monoisotopic (exact) mass is 245 g/mol. The van der Waals surface area contributed by atoms with Crippen molar-refractivity contribution in [2.24, 2.45) is 5.92 Å². The first-order valence-corrected chi connectivity index (χ1v) is 5.29. The maximum atomic E-state index is 11.4. The fraction of sp³-hybridized carbons (Fsp3) is 0.400. The van der Waals surface area contributed by atoms with Gasteiger partial charge in [0.15, 0.2) is 0 Å². The van der Waals surface area contributed by atoms with Crippen LogP contribution in [-0.2, 0) is 16.1 Å². The Hall–Kier alpha value is -0.800. The molecule has 0 aliphatic heterocycles. The molecule has 1 fully saturated rings. The number of alkyl halides is 2. The molecule has 1 atom stereocenters. The average Bonchev–Trinajstić information content (AvgIpc) is 2.86. The Bertz CT molecular complexity index is 367. The van der Waals surface area contributed by atoms with E-state index in [-0.39, 0.29) is 18.5 Å². The Morgan fingerprint density at radius 1 is 1.60 bits per heavy atom. The third-order valence-corrected chi connectivity index (χ3v) is 3.03. The van der Waals surface area contributed by atoms with E-state index in [0.29, 0.717) is 12.1 Å². The van der Waals surface area contributed by atoms with Crippen molar-refractivity contribution in [2.45, 2.75) is 17.4 Å². The Morgan fingerprint density at radius 2 is 2.33 bits per heavy atom. The Balaban J connectivity index is 1.82. The highest BCUT2D eigenvalue weighted by atomic mass is 35.5. The van der Waals surface area contributed by atoms with Gasteiger partial charge in [0, 0.05) is 6.20 Å². The lowest BCUT2D eigenvalue weighted by molar-refractivity contribution is -0.146. The van der Waals surface area contributed by atoms with Crippen LogP contribution < -0.4 is 0 Å². The number of esters is 1. The van der Waals surface area contributed by atoms with Gasteiger partial charge in [-0.15, -0.1) is 23.2 Å². The molecule has 1 aromatic rings. The van der Waals surface area contributed by atoms with Crippen molar-refractivity contribution in [1.82, 2.24) is 4.98 Å². The van der Waals surface area contributed by atoms with Crippen LogP contribution in [-0.4, -0.2) is 15.3 Å². The Labute approximate surface area is 97.4 Å². The lowest BCUT2D eigenvalue weighted by Crippen LogP contribution is -2.11. The molecule has 0 spiro atoms. The largest absolute Gasteiger partial charge is 0.459 e. The lowest BCUT2D eigenvalue weighted by atomic mass is 10.4. The fourth-order valence-electron chi connectivity index (χ4n) is 1.20. The Kier molecular flexibility index (Phi) is 2.85. The molecule has 15 heavy (non-hydrogen) atoms. The minimum atomic E-state index is -0.915. The summed E-state index contributed by atoms with van der Waals surface area (Å²) in [5, 5.41) is 0. The summed E-state index contributed by atoms with van der Waals surface area (Å²) in [5.41, 5.74) is 0.709. The number of rotatable bonds is 3. The highest BCUT2D eigenvalue weighted by molar-refractivity contribution is 6.52. The van der Waals surface area contributed by atoms with Crippen LogP contribution in [0.25, 0.3) is 0 Å². The van der Waals surface area contributed by atoms with Crippen LogP contribution in [0.2, 0.25) is 0 Å². The topological polar surface area (TPSA) is 39.2 Å². The molecule has 80 valence electrons. The van der Waals surface area contributed by atoms with E-state index in [0.717, 1.165) is 0 Å². The quantitative estimate of drug-likeness (QED) is 0.606. The Morgan fingerprint density at radius 3 is 2.87 bits per heavy atom. The van der Waals surface area contributed by atoms with Crippen LogP contribution in [0.3, 0.4) is 0 Å². The van der Waals surface area contributed by atoms with Gasteiger partial charge < -0.3 is 4.74 Å². The summed E-state index contributed by atoms with van der Waals surface area (Å²) in [6.45, 7) is 0.167. The molecular weight excluding hydrogens is 237 g/mol. The van der Waals surface area contributed by atoms with Gasteiger partial charge in [-0.1, -0.05) is 6.07 Å². The second-order valence-electron chi connectivity index (χ2n) is 3.45. The van der Waals surface area contributed by atoms with E-state index in [4.69, 9.17) is 27.9 Å². The molecule has 1 heterocycles. The molecule has 2 rings (SSSR count). The zero-order chi connectivity index (χ0) is 10.9. The summed E-state index contributed by atoms with van der Waals surface area (Å²) in [5.74, 6) is -0.741. The van der Waals surface area contributed by atoms with E-state index in [1.165, 1.54) is 0 Å². The molecule has 5 heteroatoms. The minimum Gasteiger partial charge on any atom is -0.459 e. The van der Waals surface area contributed by atoms with E-state index in [2.05, 4.69) is 4.98 Å². The lowest BCUT2D eigenvalue weighted by Gasteiger charge is -2.03. The van der Waals surface area contributed by atoms with Crippen molar-refractivity contribution in [1.29, 1.82) is 0 Å². The molecule has 0 amide bonds. The molecule has 1 aliphatic rings. The fourth-order valence-corrected chi connectivity index (χ4v) is 1.68. The minimum absolute atomic E-state index is 0.167. The van der Waals surface area contributed by atoms with E-state index in [9.17, 15) is 4.79 Å². The third-order valence-electron chi connectivity index (χ3n) is 2.20. The second kappa shape index (κ2) is 3.99. The SMILES string of the molecule is O=C(OCc1ccccn1)C1CC1(Cl)Cl. The third kappa shape index (κ3) is 2.61. The van der Waals surface area contributed by atoms with E-state index < -0.39 is 4.33 Å². The van der Waals surface area contributed by atoms with Gasteiger partial charge in [-0.2, -0.15) is 0 Å². The maximum absolute atomic E-state index is 11.4. The molecule has 1 aliphatic carbocycles. The van der Waals surface area contributed by atoms with Gasteiger partial charge in [0.2, 0.25) is 0 Å². The van der Waals surface area contributed by atoms with Crippen molar-refractivity contribution in [3.05, 3.63) is 30.1 Å². The van der Waals surface area contributed by atoms with Crippen LogP contribution in [0.15, 0.2) is 24.4 Å². The molecule has 1 saturated carbocycles. The van der Waals surface area contributed by atoms with Gasteiger partial charge in [0.05, 0.1) is 11.6 Å². The van der Waals surface area contributed by atoms with Gasteiger partial charge in [-0.3, -0.25) is 9.78 Å². The molecular formula is C10H9Cl2NO2. The smallest absolute Gasteiger partial charge is 0.312 e. The zero-order valence-corrected chi connectivity index (χ0v) is 9.33. The summed E-state index contributed by atoms with van der Waals surface area (Å²) < 4.78 is 4.10. The van der Waals surface area contributed by atoms with Crippen molar-refractivity contribution in [3.63, 3.8) is 0 Å². The summed E-state index contributed by atoms with van der Waals surface area (Å²) in [6.07, 6.45) is 2.12. The summed E-state index contributed by atoms with van der Waals surface area (Å²) in [4.78, 5) is 15.4. The number of hydrogen-bond donors (Lipinski definition) is 0. The van der Waals surface area contributed by atoms with Crippen LogP contribution in [0.4, 0.5) is 0 Å². The predicted molar refractivity (Wildman–Crippen MR) is 56.6 cm³/mol. The van der Waals surface area contributed by atoms with Gasteiger partial charge in [-0.05, 0) is 18.6 Å². The van der Waals surface area contributed by atoms with Crippen LogP contribution in [0.5, 0.6) is 0 Å². The molecule has 1 unspecified atom stereocenters. The van der Waals surface area contributed by atoms with Gasteiger partial charge in [-0.25, -0.2) is 0 Å². The van der Waals surface area contributed by atoms with Gasteiger partial charge in [0.1, 0.15) is 10.9 Å². The first-order chi connectivity index (χ1) is 7.09. The summed E-state index contributed by atoms with van der Waals surface area (Å²) >= 11 is 11.5. The van der Waals surface area contributed by atoms with Crippen LogP contribution in [0.1, 0.15) is 12.1 Å². The van der Waals surface area contributed by atoms with Crippen molar-refractivity contribution in [3.8, 4) is 0 Å². The number of hydrogen-bond acceptors (Lipinski definition) is 3. The first-order valence-electron chi connectivity index (χ1n) is 4.54. The highest BCUT2D eigenvalue weighted by Crippen LogP contribution is 2.53. The molecule has 3 nitrogen and oxygen atoms in total. The first kappa shape index (κ1) is 10.7. The number of pyridine rings is 1. The standard InChI is InChI=1S/C10H9Cl2NO2/c11-10(12)5-8(10)9(14)15-6-7-3-1-2-4-13-7/h1-4,8H,5-6H2. The normalized spacial score (nSPS) is 22.1. The molecule has 0 aromatic carbocycles. The highest BCUT2D eigenvalue weighted by Gasteiger charge is 2.57. The van der Waals surface area contributed by atoms with Crippen LogP contribution >= 0.6 is 23.2 Å². The molecule has 0 N–H and O–H groups in total. The number of aromatic nitrogens is 1. The van der Waals surface area contributed by atoms with Gasteiger partial charge in [0.25, 0.3) is 0 Å². The molecule has 0 bridgehead atoms. The predicted octanol–water partition coefficient (Wildman–Crippen LogP) is 2.32. The second-order valence-corrected chi connectivity index (χ2v) is 4.99. The summed E-state index contributed by atoms with van der Waals surface area (Å²) in [7, 11) is 0. The average molecular weight is 246 g/mol. The van der Waals surface area contributed by atoms with Gasteiger partial charge >= 0.3 is 5.97 Å². The van der Waals surface area contributed by atoms with E-state index in [1.54, 1.807) is 18.3 Å². The van der Waals surface area contributed by atoms with Crippen molar-refractivity contribution >= 4 is 29.2 Å². The van der Waals surface area contributed by atoms with Crippen molar-refractivity contribution < 1.29 is 9.53 Å². The number of ether oxygens (including phenoxy) is 1. The number of nitrogens with zero attached hydrogens (tertiary/aromatic N) is 1. The number of carbonyl (C=O) groups excluding carboxylic acids is 1.